The minimum Gasteiger partial charge on any atom is -0.376 e. The van der Waals surface area contributed by atoms with Crippen LogP contribution >= 0.6 is 0 Å². The fourth-order valence-electron chi connectivity index (χ4n) is 3.96. The molecule has 0 saturated carbocycles. The lowest BCUT2D eigenvalue weighted by molar-refractivity contribution is -0.118. The van der Waals surface area contributed by atoms with Gasteiger partial charge in [-0.3, -0.25) is 14.6 Å². The van der Waals surface area contributed by atoms with Crippen LogP contribution in [0.4, 0.5) is 5.69 Å². The van der Waals surface area contributed by atoms with Gasteiger partial charge in [-0.15, -0.1) is 0 Å². The number of hydrogen-bond acceptors (Lipinski definition) is 4. The predicted molar refractivity (Wildman–Crippen MR) is 111 cm³/mol. The number of carbonyl (C=O) groups is 2. The molecule has 1 aromatic heterocycles. The second-order valence-corrected chi connectivity index (χ2v) is 7.67. The molecule has 29 heavy (non-hydrogen) atoms. The summed E-state index contributed by atoms with van der Waals surface area (Å²) in [7, 11) is 0. The van der Waals surface area contributed by atoms with Crippen molar-refractivity contribution >= 4 is 17.5 Å². The highest BCUT2D eigenvalue weighted by Crippen LogP contribution is 2.27. The number of benzene rings is 1. The van der Waals surface area contributed by atoms with Crippen LogP contribution in [0.3, 0.4) is 0 Å². The largest absolute Gasteiger partial charge is 0.376 e. The third kappa shape index (κ3) is 4.82. The van der Waals surface area contributed by atoms with Gasteiger partial charge in [-0.05, 0) is 43.7 Å². The van der Waals surface area contributed by atoms with Crippen molar-refractivity contribution in [3.8, 4) is 0 Å². The molecule has 6 nitrogen and oxygen atoms in total. The Balaban J connectivity index is 1.43. The molecule has 2 aromatic rings. The van der Waals surface area contributed by atoms with Crippen LogP contribution in [0, 0.1) is 0 Å². The van der Waals surface area contributed by atoms with Crippen molar-refractivity contribution in [1.29, 1.82) is 0 Å². The van der Waals surface area contributed by atoms with E-state index in [9.17, 15) is 9.59 Å². The lowest BCUT2D eigenvalue weighted by Gasteiger charge is -2.29. The summed E-state index contributed by atoms with van der Waals surface area (Å²) in [4.78, 5) is 31.7. The lowest BCUT2D eigenvalue weighted by atomic mass is 10.0. The van der Waals surface area contributed by atoms with Gasteiger partial charge in [0.1, 0.15) is 0 Å². The van der Waals surface area contributed by atoms with Crippen LogP contribution in [0.1, 0.15) is 47.3 Å². The van der Waals surface area contributed by atoms with Gasteiger partial charge in [0.05, 0.1) is 23.0 Å². The number of aromatic nitrogens is 1. The molecule has 1 unspecified atom stereocenters. The zero-order valence-corrected chi connectivity index (χ0v) is 16.6. The molecule has 1 fully saturated rings. The molecule has 0 radical (unpaired) electrons. The van der Waals surface area contributed by atoms with Crippen molar-refractivity contribution in [3.63, 3.8) is 0 Å². The summed E-state index contributed by atoms with van der Waals surface area (Å²) in [6, 6.07) is 11.8. The Kier molecular flexibility index (Phi) is 6.20. The maximum absolute atomic E-state index is 12.9. The first-order valence-electron chi connectivity index (χ1n) is 10.4. The maximum atomic E-state index is 12.9. The molecule has 0 aliphatic carbocycles. The van der Waals surface area contributed by atoms with Gasteiger partial charge in [0, 0.05) is 32.3 Å². The van der Waals surface area contributed by atoms with Crippen LogP contribution in [0.2, 0.25) is 0 Å². The monoisotopic (exact) mass is 393 g/mol. The van der Waals surface area contributed by atoms with Gasteiger partial charge in [0.2, 0.25) is 5.91 Å². The van der Waals surface area contributed by atoms with Crippen molar-refractivity contribution < 1.29 is 14.3 Å². The number of aryl methyl sites for hydroxylation is 2. The summed E-state index contributed by atoms with van der Waals surface area (Å²) < 4.78 is 5.56. The van der Waals surface area contributed by atoms with Crippen LogP contribution in [-0.4, -0.2) is 42.6 Å². The fraction of sp³-hybridized carbons (Fsp3) is 0.435. The van der Waals surface area contributed by atoms with E-state index in [2.05, 4.69) is 10.3 Å². The summed E-state index contributed by atoms with van der Waals surface area (Å²) in [6.45, 7) is 1.94. The van der Waals surface area contributed by atoms with Crippen molar-refractivity contribution in [2.45, 2.75) is 44.6 Å². The van der Waals surface area contributed by atoms with Crippen LogP contribution in [-0.2, 0) is 22.4 Å². The highest BCUT2D eigenvalue weighted by Gasteiger charge is 2.25. The van der Waals surface area contributed by atoms with E-state index in [1.54, 1.807) is 11.1 Å². The predicted octanol–water partition coefficient (Wildman–Crippen LogP) is 2.90. The highest BCUT2D eigenvalue weighted by atomic mass is 16.5. The summed E-state index contributed by atoms with van der Waals surface area (Å²) in [6.07, 6.45) is 6.60. The molecule has 152 valence electrons. The molecule has 4 rings (SSSR count). The third-order valence-corrected chi connectivity index (χ3v) is 5.58. The smallest absolute Gasteiger partial charge is 0.253 e. The first-order valence-corrected chi connectivity index (χ1v) is 10.4. The van der Waals surface area contributed by atoms with Crippen molar-refractivity contribution in [3.05, 3.63) is 59.4 Å². The summed E-state index contributed by atoms with van der Waals surface area (Å²) in [5.74, 6) is -0.0911. The van der Waals surface area contributed by atoms with Gasteiger partial charge in [-0.25, -0.2) is 0 Å². The summed E-state index contributed by atoms with van der Waals surface area (Å²) in [5, 5.41) is 2.93. The zero-order chi connectivity index (χ0) is 20.1. The number of hydrogen-bond donors (Lipinski definition) is 1. The standard InChI is InChI=1S/C23H27N3O3/c27-22(11-10-17-6-2-1-3-7-17)26-12-4-9-20-21(26)14-18(15-24-20)23(28)25-16-19-8-5-13-29-19/h1-3,6-7,14-15,19H,4-5,8-13,16H2,(H,25,28). The van der Waals surface area contributed by atoms with Crippen LogP contribution in [0.25, 0.3) is 0 Å². The van der Waals surface area contributed by atoms with Gasteiger partial charge in [0.25, 0.3) is 5.91 Å². The Labute approximate surface area is 171 Å². The number of nitrogens with one attached hydrogen (secondary N) is 1. The molecule has 1 atom stereocenters. The first-order chi connectivity index (χ1) is 14.2. The summed E-state index contributed by atoms with van der Waals surface area (Å²) in [5.41, 5.74) is 3.31. The van der Waals surface area contributed by atoms with E-state index in [-0.39, 0.29) is 17.9 Å². The molecular weight excluding hydrogens is 366 g/mol. The number of ether oxygens (including phenoxy) is 1. The Hall–Kier alpha value is -2.73. The molecule has 0 bridgehead atoms. The number of rotatable bonds is 6. The third-order valence-electron chi connectivity index (χ3n) is 5.58. The minimum absolute atomic E-state index is 0.0773. The van der Waals surface area contributed by atoms with Crippen LogP contribution < -0.4 is 10.2 Å². The fourth-order valence-corrected chi connectivity index (χ4v) is 3.96. The Bertz CT molecular complexity index is 863. The quantitative estimate of drug-likeness (QED) is 0.819. The topological polar surface area (TPSA) is 71.5 Å². The van der Waals surface area contributed by atoms with E-state index in [1.807, 2.05) is 36.4 Å². The average molecular weight is 393 g/mol. The maximum Gasteiger partial charge on any atom is 0.253 e. The van der Waals surface area contributed by atoms with Crippen molar-refractivity contribution in [2.24, 2.45) is 0 Å². The molecule has 6 heteroatoms. The number of pyridine rings is 1. The van der Waals surface area contributed by atoms with E-state index in [0.29, 0.717) is 31.5 Å². The molecule has 2 aliphatic rings. The Morgan fingerprint density at radius 1 is 1.21 bits per heavy atom. The van der Waals surface area contributed by atoms with Gasteiger partial charge in [0.15, 0.2) is 0 Å². The van der Waals surface area contributed by atoms with Gasteiger partial charge in [-0.1, -0.05) is 30.3 Å². The molecule has 1 N–H and O–H groups in total. The lowest BCUT2D eigenvalue weighted by Crippen LogP contribution is -2.37. The van der Waals surface area contributed by atoms with E-state index in [4.69, 9.17) is 4.74 Å². The first kappa shape index (κ1) is 19.6. The van der Waals surface area contributed by atoms with Gasteiger partial charge in [-0.2, -0.15) is 0 Å². The number of fused-ring (bicyclic) bond motifs is 1. The number of nitrogens with zero attached hydrogens (tertiary/aromatic N) is 2. The molecule has 1 aromatic carbocycles. The van der Waals surface area contributed by atoms with Crippen LogP contribution in [0.15, 0.2) is 42.6 Å². The summed E-state index contributed by atoms with van der Waals surface area (Å²) >= 11 is 0. The normalized spacial score (nSPS) is 18.3. The molecule has 0 spiro atoms. The molecule has 2 amide bonds. The van der Waals surface area contributed by atoms with E-state index in [1.165, 1.54) is 0 Å². The van der Waals surface area contributed by atoms with E-state index < -0.39 is 0 Å². The Morgan fingerprint density at radius 3 is 2.86 bits per heavy atom. The van der Waals surface area contributed by atoms with Crippen molar-refractivity contribution in [1.82, 2.24) is 10.3 Å². The molecule has 2 aliphatic heterocycles. The van der Waals surface area contributed by atoms with Gasteiger partial charge < -0.3 is 15.0 Å². The molecular formula is C23H27N3O3. The SMILES string of the molecule is O=C(NCC1CCCO1)c1cnc2c(c1)N(C(=O)CCc1ccccc1)CCC2. The number of amides is 2. The van der Waals surface area contributed by atoms with Crippen molar-refractivity contribution in [2.75, 3.05) is 24.6 Å². The van der Waals surface area contributed by atoms with Crippen LogP contribution in [0.5, 0.6) is 0 Å². The zero-order valence-electron chi connectivity index (χ0n) is 16.6. The van der Waals surface area contributed by atoms with E-state index >= 15 is 0 Å². The second kappa shape index (κ2) is 9.18. The number of carbonyl (C=O) groups excluding carboxylic acids is 2. The number of anilines is 1. The molecule has 1 saturated heterocycles. The molecule has 3 heterocycles. The van der Waals surface area contributed by atoms with Gasteiger partial charge >= 0.3 is 0 Å². The highest BCUT2D eigenvalue weighted by molar-refractivity contribution is 5.98. The minimum atomic E-state index is -0.168. The Morgan fingerprint density at radius 2 is 2.07 bits per heavy atom. The average Bonchev–Trinajstić information content (AvgIpc) is 3.29. The second-order valence-electron chi connectivity index (χ2n) is 7.67. The van der Waals surface area contributed by atoms with E-state index in [0.717, 1.165) is 49.2 Å².